The van der Waals surface area contributed by atoms with Crippen molar-refractivity contribution in [3.63, 3.8) is 0 Å². The van der Waals surface area contributed by atoms with Gasteiger partial charge in [0.1, 0.15) is 5.78 Å². The van der Waals surface area contributed by atoms with Gasteiger partial charge in [0, 0.05) is 63.9 Å². The Morgan fingerprint density at radius 1 is 0.746 bits per heavy atom. The predicted octanol–water partition coefficient (Wildman–Crippen LogP) is 0.988. The molecule has 2 aromatic rings. The number of Topliss-reactive ketones (excluding diaryl/α,β-unsaturated/α-hetero) is 1. The molecule has 0 spiro atoms. The number of nitrogens with one attached hydrogen (secondary N) is 1. The Bertz CT molecular complexity index is 1660. The van der Waals surface area contributed by atoms with Gasteiger partial charge in [0.15, 0.2) is 0 Å². The van der Waals surface area contributed by atoms with E-state index in [4.69, 9.17) is 5.73 Å². The fourth-order valence-corrected chi connectivity index (χ4v) is 6.76. The Morgan fingerprint density at radius 3 is 1.64 bits per heavy atom. The first kappa shape index (κ1) is 53.2. The first-order chi connectivity index (χ1) is 27.5. The van der Waals surface area contributed by atoms with Gasteiger partial charge in [-0.1, -0.05) is 12.1 Å². The molecule has 3 radical (unpaired) electrons. The van der Waals surface area contributed by atoms with Crippen molar-refractivity contribution in [2.45, 2.75) is 91.0 Å². The summed E-state index contributed by atoms with van der Waals surface area (Å²) in [6, 6.07) is 10.5. The van der Waals surface area contributed by atoms with Gasteiger partial charge in [-0.3, -0.25) is 29.8 Å². The molecular weight excluding hydrogens is 774 g/mol. The summed E-state index contributed by atoms with van der Waals surface area (Å²) >= 11 is 0. The Labute approximate surface area is 370 Å². The van der Waals surface area contributed by atoms with Crippen LogP contribution in [0, 0.1) is 32.1 Å². The van der Waals surface area contributed by atoms with Crippen LogP contribution in [-0.4, -0.2) is 111 Å². The minimum absolute atomic E-state index is 0. The zero-order chi connectivity index (χ0) is 43.2. The molecule has 2 aromatic carbocycles. The van der Waals surface area contributed by atoms with E-state index in [0.29, 0.717) is 25.3 Å². The van der Waals surface area contributed by atoms with Gasteiger partial charge in [0.25, 0.3) is 11.4 Å². The number of carbonyl (C=O) groups is 4. The van der Waals surface area contributed by atoms with E-state index in [1.165, 1.54) is 76.5 Å². The molecule has 17 nitrogen and oxygen atoms in total. The number of nitro benzene ring substituents is 2. The number of piperidine rings is 2. The second kappa shape index (κ2) is 28.6. The van der Waals surface area contributed by atoms with Crippen LogP contribution in [0.15, 0.2) is 36.4 Å². The number of fused-ring (bicyclic) bond motifs is 2. The first-order valence-corrected chi connectivity index (χ1v) is 19.6. The molecule has 0 bridgehead atoms. The Balaban J connectivity index is 0.000000405. The van der Waals surface area contributed by atoms with Crippen LogP contribution in [-0.2, 0) is 59.3 Å². The maximum atomic E-state index is 11.1. The maximum Gasteiger partial charge on any atom is 1.00 e. The molecule has 3 N–H and O–H groups in total. The van der Waals surface area contributed by atoms with E-state index in [0.717, 1.165) is 74.7 Å². The molecule has 19 heteroatoms. The number of benzene rings is 2. The van der Waals surface area contributed by atoms with Gasteiger partial charge in [0.05, 0.1) is 9.85 Å². The van der Waals surface area contributed by atoms with E-state index in [9.17, 15) is 39.4 Å². The number of likely N-dealkylation sites (tertiary alicyclic amines) is 2. The van der Waals surface area contributed by atoms with Gasteiger partial charge in [-0.25, -0.2) is 19.4 Å². The summed E-state index contributed by atoms with van der Waals surface area (Å²) in [5.41, 5.74) is 10.1. The Kier molecular flexibility index (Phi) is 25.9. The van der Waals surface area contributed by atoms with Crippen molar-refractivity contribution in [2.75, 3.05) is 53.4 Å². The molecule has 0 saturated carbocycles. The normalized spacial score (nSPS) is 17.6. The van der Waals surface area contributed by atoms with Crippen LogP contribution < -0.4 is 40.6 Å². The minimum atomic E-state index is -0.639. The fourth-order valence-electron chi connectivity index (χ4n) is 6.76. The largest absolute Gasteiger partial charge is 1.00 e. The number of hydrogen-bond acceptors (Lipinski definition) is 15. The zero-order valence-electron chi connectivity index (χ0n) is 35.4. The first-order valence-electron chi connectivity index (χ1n) is 19.6. The molecule has 0 aromatic heterocycles. The van der Waals surface area contributed by atoms with Crippen LogP contribution in [0.2, 0.25) is 0 Å². The van der Waals surface area contributed by atoms with Crippen molar-refractivity contribution in [2.24, 2.45) is 17.6 Å². The van der Waals surface area contributed by atoms with E-state index < -0.39 is 22.8 Å². The van der Waals surface area contributed by atoms with Crippen molar-refractivity contribution in [3.05, 3.63) is 78.9 Å². The molecule has 2 aliphatic carbocycles. The van der Waals surface area contributed by atoms with Crippen molar-refractivity contribution in [1.29, 1.82) is 0 Å². The third-order valence-electron chi connectivity index (χ3n) is 10.2. The van der Waals surface area contributed by atoms with E-state index in [1.807, 2.05) is 6.07 Å². The van der Waals surface area contributed by atoms with E-state index in [1.54, 1.807) is 18.2 Å². The molecule has 2 fully saturated rings. The quantitative estimate of drug-likeness (QED) is 0.179. The van der Waals surface area contributed by atoms with Crippen molar-refractivity contribution >= 4 is 43.1 Å². The van der Waals surface area contributed by atoms with Gasteiger partial charge < -0.3 is 33.6 Å². The molecule has 2 heterocycles. The molecule has 2 saturated heterocycles. The van der Waals surface area contributed by atoms with E-state index in [-0.39, 0.29) is 51.6 Å². The second-order valence-corrected chi connectivity index (χ2v) is 15.0. The van der Waals surface area contributed by atoms with Crippen molar-refractivity contribution in [3.8, 4) is 0 Å². The summed E-state index contributed by atoms with van der Waals surface area (Å²) in [6.07, 6.45) is 9.85. The van der Waals surface area contributed by atoms with Crippen LogP contribution in [0.1, 0.15) is 81.5 Å². The average Bonchev–Trinajstić information content (AvgIpc) is 3.20. The smallest absolute Gasteiger partial charge is 0.793 e. The van der Waals surface area contributed by atoms with Crippen LogP contribution in [0.4, 0.5) is 11.4 Å². The van der Waals surface area contributed by atoms with Crippen LogP contribution >= 0.6 is 0 Å². The molecule has 6 rings (SSSR count). The van der Waals surface area contributed by atoms with Crippen LogP contribution in [0.3, 0.4) is 0 Å². The van der Waals surface area contributed by atoms with Gasteiger partial charge in [-0.15, -0.1) is 0 Å². The van der Waals surface area contributed by atoms with Gasteiger partial charge in [0.2, 0.25) is 5.97 Å². The van der Waals surface area contributed by atoms with Gasteiger partial charge in [-0.2, -0.15) is 0 Å². The molecule has 4 aliphatic rings. The standard InChI is InChI=1S/C17H25N3O2.C10H9NO3.C7H16N2.C4H6O4.C2H3BO2.Na/c1-19-8-6-13(7-9-19)12-18-16-4-2-14-3-5-17(20(21)22)11-15(14)10-16;12-10-4-2-7-1-3-9(11(13)14)5-8(7)6-10;1-9-4-2-7(6-8)3-5-9;1-3(5)7-8-4(2)6;1-2(4)5-3;/h3,5,11,13,16,18H,2,4,6-10,12H2,1H3;1,3,5H,2,4,6H2;7H,2-6,8H2,1H3;1-2H3;1H3;/q;;;;-1;+1. The molecule has 2 aliphatic heterocycles. The Hall–Kier alpha value is -3.78. The minimum Gasteiger partial charge on any atom is -0.793 e. The topological polar surface area (TPSA) is 227 Å². The summed E-state index contributed by atoms with van der Waals surface area (Å²) in [5.74, 6) is 0.00676. The summed E-state index contributed by atoms with van der Waals surface area (Å²) < 4.78 is 3.61. The number of rotatable bonds is 6. The van der Waals surface area contributed by atoms with E-state index in [2.05, 4.69) is 51.7 Å². The number of aryl methyl sites for hydroxylation is 2. The van der Waals surface area contributed by atoms with Crippen LogP contribution in [0.25, 0.3) is 0 Å². The predicted molar refractivity (Wildman–Crippen MR) is 218 cm³/mol. The summed E-state index contributed by atoms with van der Waals surface area (Å²) in [7, 11) is 8.68. The number of non-ortho nitro benzene ring substituents is 2. The number of nitro groups is 2. The van der Waals surface area contributed by atoms with Crippen molar-refractivity contribution in [1.82, 2.24) is 15.1 Å². The fraction of sp³-hybridized carbons (Fsp3) is 0.600. The molecule has 1 atom stereocenters. The third kappa shape index (κ3) is 21.9. The molecule has 1 unspecified atom stereocenters. The number of nitrogens with two attached hydrogens (primary N) is 1. The van der Waals surface area contributed by atoms with Crippen molar-refractivity contribution < 1.29 is 73.0 Å². The second-order valence-electron chi connectivity index (χ2n) is 15.0. The maximum absolute atomic E-state index is 11.1. The number of ketones is 1. The third-order valence-corrected chi connectivity index (χ3v) is 10.2. The van der Waals surface area contributed by atoms with E-state index >= 15 is 0 Å². The van der Waals surface area contributed by atoms with Gasteiger partial charge in [-0.05, 0) is 139 Å². The van der Waals surface area contributed by atoms with Gasteiger partial charge >= 0.3 is 41.5 Å². The monoisotopic (exact) mass is 833 g/mol. The molecule has 319 valence electrons. The van der Waals surface area contributed by atoms with Crippen LogP contribution in [0.5, 0.6) is 0 Å². The summed E-state index contributed by atoms with van der Waals surface area (Å²) in [5, 5.41) is 25.1. The number of hydrogen-bond donors (Lipinski definition) is 2. The number of carbonyl (C=O) groups excluding carboxylic acids is 4. The summed E-state index contributed by atoms with van der Waals surface area (Å²) in [4.78, 5) is 73.4. The average molecular weight is 834 g/mol. The zero-order valence-corrected chi connectivity index (χ0v) is 37.4. The Morgan fingerprint density at radius 2 is 1.20 bits per heavy atom. The molecule has 0 amide bonds. The number of nitrogens with zero attached hydrogens (tertiary/aromatic N) is 4. The SMILES string of the molecule is CC(=O)OOC(C)=O.CN1CCC(CN)CC1.CN1CCC(CNC2CCc3ccc([N+](=O)[O-])cc3C2)CC1.O=C1CCc2ccc([N+](=O)[O-])cc2C1.[B-]OC(C)=O.[Na+]. The molecular formula is C40H59BN6NaO11. The molecule has 59 heavy (non-hydrogen) atoms. The summed E-state index contributed by atoms with van der Waals surface area (Å²) in [6.45, 7) is 10.4.